The molecule has 0 aliphatic carbocycles. The van der Waals surface area contributed by atoms with Gasteiger partial charge in [-0.3, -0.25) is 15.4 Å². The van der Waals surface area contributed by atoms with Gasteiger partial charge < -0.3 is 30.8 Å². The molecule has 0 spiro atoms. The first-order valence-corrected chi connectivity index (χ1v) is 12.9. The van der Waals surface area contributed by atoms with Crippen LogP contribution in [0, 0.1) is 18.3 Å². The molecule has 1 atom stereocenters. The summed E-state index contributed by atoms with van der Waals surface area (Å²) in [6.07, 6.45) is 9.79. The summed E-state index contributed by atoms with van der Waals surface area (Å²) in [6, 6.07) is 5.12. The fraction of sp³-hybridized carbons (Fsp3) is 0.571. The average Bonchev–Trinajstić information content (AvgIpc) is 3.37. The molecule has 1 unspecified atom stereocenters. The van der Waals surface area contributed by atoms with Crippen molar-refractivity contribution in [1.82, 2.24) is 15.6 Å². The number of carbonyl (C=O) groups is 2. The first-order chi connectivity index (χ1) is 17.7. The quantitative estimate of drug-likeness (QED) is 0.154. The van der Waals surface area contributed by atoms with Crippen LogP contribution in [0.5, 0.6) is 5.75 Å². The van der Waals surface area contributed by atoms with Crippen LogP contribution in [-0.4, -0.2) is 49.6 Å². The number of nitrogens with two attached hydrogens (primary N) is 2. The molecule has 208 valence electrons. The van der Waals surface area contributed by atoms with Gasteiger partial charge in [0.25, 0.3) is 0 Å². The summed E-state index contributed by atoms with van der Waals surface area (Å²) in [5, 5.41) is 2.97. The smallest absolute Gasteiger partial charge is 0.243 e. The van der Waals surface area contributed by atoms with E-state index in [0.717, 1.165) is 24.0 Å². The summed E-state index contributed by atoms with van der Waals surface area (Å²) in [5.41, 5.74) is 9.66. The van der Waals surface area contributed by atoms with Crippen molar-refractivity contribution in [3.8, 4) is 18.1 Å². The molecule has 0 aromatic heterocycles. The van der Waals surface area contributed by atoms with Gasteiger partial charge in [0, 0.05) is 62.7 Å². The summed E-state index contributed by atoms with van der Waals surface area (Å²) in [4.78, 5) is 26.9. The number of nitrogens with zero attached hydrogens (tertiary/aromatic N) is 1. The van der Waals surface area contributed by atoms with E-state index in [1.54, 1.807) is 18.9 Å². The first-order valence-electron chi connectivity index (χ1n) is 12.9. The molecule has 37 heavy (non-hydrogen) atoms. The molecule has 1 aliphatic heterocycles. The predicted molar refractivity (Wildman–Crippen MR) is 149 cm³/mol. The topological polar surface area (TPSA) is 132 Å². The molecule has 0 radical (unpaired) electrons. The summed E-state index contributed by atoms with van der Waals surface area (Å²) >= 11 is 0. The maximum absolute atomic E-state index is 12.8. The van der Waals surface area contributed by atoms with Crippen LogP contribution in [0.4, 0.5) is 0 Å². The molecular formula is C28H47N5O4. The lowest BCUT2D eigenvalue weighted by Gasteiger charge is -2.25. The van der Waals surface area contributed by atoms with Gasteiger partial charge in [0.15, 0.2) is 0 Å². The van der Waals surface area contributed by atoms with Gasteiger partial charge in [-0.2, -0.15) is 0 Å². The van der Waals surface area contributed by atoms with Crippen LogP contribution in [0.1, 0.15) is 71.4 Å². The number of carbonyl (C=O) groups excluding carboxylic acids is 2. The fourth-order valence-electron chi connectivity index (χ4n) is 3.55. The number of nitrogens with one attached hydrogen (secondary N) is 2. The number of ether oxygens (including phenoxy) is 2. The minimum Gasteiger partial charge on any atom is -0.493 e. The minimum atomic E-state index is -0.391. The van der Waals surface area contributed by atoms with E-state index in [2.05, 4.69) is 16.7 Å². The van der Waals surface area contributed by atoms with Crippen LogP contribution >= 0.6 is 0 Å². The molecule has 6 N–H and O–H groups in total. The van der Waals surface area contributed by atoms with E-state index in [9.17, 15) is 9.59 Å². The van der Waals surface area contributed by atoms with E-state index in [0.29, 0.717) is 50.6 Å². The Morgan fingerprint density at radius 3 is 2.54 bits per heavy atom. The Hall–Kier alpha value is -3.22. The van der Waals surface area contributed by atoms with Gasteiger partial charge in [0.05, 0.1) is 6.61 Å². The number of likely N-dealkylation sites (tertiary alicyclic amines) is 1. The van der Waals surface area contributed by atoms with Crippen molar-refractivity contribution in [2.24, 2.45) is 17.5 Å². The van der Waals surface area contributed by atoms with Gasteiger partial charge in [0.1, 0.15) is 11.8 Å². The number of hydrogen-bond donors (Lipinski definition) is 4. The molecule has 9 nitrogen and oxygen atoms in total. The zero-order valence-electron chi connectivity index (χ0n) is 23.4. The molecule has 1 heterocycles. The molecule has 2 amide bonds. The summed E-state index contributed by atoms with van der Waals surface area (Å²) in [7, 11) is 1.65. The molecular weight excluding hydrogens is 470 g/mol. The van der Waals surface area contributed by atoms with Crippen molar-refractivity contribution in [3.05, 3.63) is 41.2 Å². The molecule has 1 saturated heterocycles. The van der Waals surface area contributed by atoms with Crippen LogP contribution in [0.15, 0.2) is 30.1 Å². The molecule has 0 saturated carbocycles. The van der Waals surface area contributed by atoms with E-state index in [-0.39, 0.29) is 17.7 Å². The summed E-state index contributed by atoms with van der Waals surface area (Å²) in [6.45, 7) is 11.9. The van der Waals surface area contributed by atoms with E-state index in [1.165, 1.54) is 6.20 Å². The van der Waals surface area contributed by atoms with Crippen molar-refractivity contribution in [2.45, 2.75) is 72.9 Å². The number of methoxy groups -OCH3 is 1. The van der Waals surface area contributed by atoms with Gasteiger partial charge in [-0.1, -0.05) is 39.7 Å². The van der Waals surface area contributed by atoms with Gasteiger partial charge in [-0.05, 0) is 37.8 Å². The Kier molecular flexibility index (Phi) is 18.2. The zero-order valence-corrected chi connectivity index (χ0v) is 23.4. The number of allylic oxidation sites excluding steroid dienone is 1. The van der Waals surface area contributed by atoms with E-state index < -0.39 is 6.04 Å². The fourth-order valence-corrected chi connectivity index (χ4v) is 3.55. The monoisotopic (exact) mass is 517 g/mol. The number of hydrazine groups is 1. The van der Waals surface area contributed by atoms with Crippen molar-refractivity contribution in [1.29, 1.82) is 0 Å². The molecule has 1 fully saturated rings. The third kappa shape index (κ3) is 13.6. The van der Waals surface area contributed by atoms with Crippen LogP contribution in [0.3, 0.4) is 0 Å². The Morgan fingerprint density at radius 2 is 2.00 bits per heavy atom. The van der Waals surface area contributed by atoms with Crippen molar-refractivity contribution in [2.75, 3.05) is 26.9 Å². The van der Waals surface area contributed by atoms with Gasteiger partial charge in [-0.15, -0.1) is 6.42 Å². The Bertz CT molecular complexity index is 876. The third-order valence-electron chi connectivity index (χ3n) is 5.21. The number of benzene rings is 1. The van der Waals surface area contributed by atoms with Crippen LogP contribution < -0.4 is 27.1 Å². The summed E-state index contributed by atoms with van der Waals surface area (Å²) in [5.74, 6) is 8.30. The Balaban J connectivity index is 0.00000142. The van der Waals surface area contributed by atoms with E-state index >= 15 is 0 Å². The second-order valence-electron chi connectivity index (χ2n) is 8.78. The number of amides is 2. The Labute approximate surface area is 223 Å². The maximum atomic E-state index is 12.8. The van der Waals surface area contributed by atoms with Crippen LogP contribution in [0.2, 0.25) is 0 Å². The molecule has 2 rings (SSSR count). The molecule has 9 heteroatoms. The number of rotatable bonds is 11. The Morgan fingerprint density at radius 1 is 1.30 bits per heavy atom. The van der Waals surface area contributed by atoms with Crippen molar-refractivity contribution >= 4 is 11.8 Å². The van der Waals surface area contributed by atoms with E-state index in [4.69, 9.17) is 27.5 Å². The molecule has 0 bridgehead atoms. The van der Waals surface area contributed by atoms with Gasteiger partial charge in [-0.25, -0.2) is 0 Å². The lowest BCUT2D eigenvalue weighted by atomic mass is 10.1. The highest BCUT2D eigenvalue weighted by Gasteiger charge is 2.33. The second kappa shape index (κ2) is 19.9. The third-order valence-corrected chi connectivity index (χ3v) is 5.21. The van der Waals surface area contributed by atoms with Gasteiger partial charge in [0.2, 0.25) is 11.8 Å². The highest BCUT2D eigenvalue weighted by atomic mass is 16.5. The highest BCUT2D eigenvalue weighted by molar-refractivity contribution is 5.88. The second-order valence-corrected chi connectivity index (χ2v) is 8.78. The minimum absolute atomic E-state index is 0.0539. The zero-order chi connectivity index (χ0) is 28.2. The first kappa shape index (κ1) is 33.8. The predicted octanol–water partition coefficient (Wildman–Crippen LogP) is 3.03. The normalized spacial score (nSPS) is 14.5. The van der Waals surface area contributed by atoms with Gasteiger partial charge >= 0.3 is 0 Å². The number of terminal acetylenes is 1. The van der Waals surface area contributed by atoms with Crippen LogP contribution in [-0.2, 0) is 20.9 Å². The molecule has 1 aromatic rings. The highest BCUT2D eigenvalue weighted by Crippen LogP contribution is 2.23. The van der Waals surface area contributed by atoms with Crippen LogP contribution in [0.25, 0.3) is 0 Å². The lowest BCUT2D eigenvalue weighted by molar-refractivity contribution is -0.139. The lowest BCUT2D eigenvalue weighted by Crippen LogP contribution is -2.46. The van der Waals surface area contributed by atoms with Crippen molar-refractivity contribution in [3.63, 3.8) is 0 Å². The SMILES string of the molecule is C#Cc1ccc(CNC(=O)C2CCCN2C(=O)CC(C)C)c(OCCCOC)c1.C/C(N)=C/NN.CC. The molecule has 1 aromatic carbocycles. The standard InChI is InChI=1S/C23H32N2O4.C3H9N3.C2H6/c1-5-18-9-10-19(21(15-18)29-13-7-12-28-4)16-24-23(27)20-8-6-11-25(20)22(26)14-17(2)3;1-3(4)2-6-5;1-2/h1,9-10,15,17,20H,6-8,11-14,16H2,2-4H3,(H,24,27);2,6H,4-5H2,1H3;1-2H3/b;3-2-;. The maximum Gasteiger partial charge on any atom is 0.243 e. The average molecular weight is 518 g/mol. The van der Waals surface area contributed by atoms with Crippen molar-refractivity contribution < 1.29 is 19.1 Å². The summed E-state index contributed by atoms with van der Waals surface area (Å²) < 4.78 is 10.9. The van der Waals surface area contributed by atoms with E-state index in [1.807, 2.05) is 45.9 Å². The largest absolute Gasteiger partial charge is 0.493 e. The molecule has 1 aliphatic rings. The number of hydrogen-bond acceptors (Lipinski definition) is 7.